The maximum Gasteiger partial charge on any atom is 0.155 e. The van der Waals surface area contributed by atoms with Crippen LogP contribution in [0, 0.1) is 29.1 Å². The topological polar surface area (TPSA) is 55.6 Å². The molecule has 4 nitrogen and oxygen atoms in total. The number of allylic oxidation sites excluding steroid dienone is 3. The van der Waals surface area contributed by atoms with Gasteiger partial charge >= 0.3 is 0 Å². The lowest BCUT2D eigenvalue weighted by atomic mass is 9.56. The highest BCUT2D eigenvalue weighted by Gasteiger charge is 2.58. The molecule has 4 heteroatoms. The third-order valence-corrected chi connectivity index (χ3v) is 11.3. The first-order valence-corrected chi connectivity index (χ1v) is 13.9. The summed E-state index contributed by atoms with van der Waals surface area (Å²) in [7, 11) is 0. The molecule has 0 radical (unpaired) electrons. The first-order chi connectivity index (χ1) is 15.9. The van der Waals surface area contributed by atoms with Crippen molar-refractivity contribution < 1.29 is 9.53 Å². The number of likely N-dealkylation sites (tertiary alicyclic amines) is 1. The highest BCUT2D eigenvalue weighted by molar-refractivity contribution is 5.91. The molecule has 6 rings (SSSR count). The number of nitrogens with zero attached hydrogens (tertiary/aromatic N) is 1. The van der Waals surface area contributed by atoms with E-state index in [-0.39, 0.29) is 11.0 Å². The number of piperidine rings is 1. The van der Waals surface area contributed by atoms with Crippen molar-refractivity contribution in [3.05, 3.63) is 22.8 Å². The van der Waals surface area contributed by atoms with E-state index in [1.807, 2.05) is 6.08 Å². The summed E-state index contributed by atoms with van der Waals surface area (Å²) in [6.07, 6.45) is 14.0. The smallest absolute Gasteiger partial charge is 0.155 e. The highest BCUT2D eigenvalue weighted by atomic mass is 16.5. The summed E-state index contributed by atoms with van der Waals surface area (Å²) in [6.45, 7) is 10.4. The molecule has 6 aliphatic rings. The molecular weight excluding hydrogens is 408 g/mol. The molecule has 0 unspecified atom stereocenters. The minimum absolute atomic E-state index is 0.0182. The first kappa shape index (κ1) is 22.5. The second-order valence-electron chi connectivity index (χ2n) is 12.7. The van der Waals surface area contributed by atoms with Crippen LogP contribution in [0.2, 0.25) is 0 Å². The zero-order valence-corrected chi connectivity index (χ0v) is 21.1. The third-order valence-electron chi connectivity index (χ3n) is 11.3. The number of nitrogens with two attached hydrogens (primary N) is 1. The summed E-state index contributed by atoms with van der Waals surface area (Å²) in [5, 5.41) is 0. The van der Waals surface area contributed by atoms with E-state index in [0.717, 1.165) is 56.5 Å². The molecular formula is C29H44N2O2. The van der Waals surface area contributed by atoms with Crippen LogP contribution in [0.25, 0.3) is 0 Å². The van der Waals surface area contributed by atoms with E-state index >= 15 is 0 Å². The van der Waals surface area contributed by atoms with Gasteiger partial charge in [0.1, 0.15) is 0 Å². The number of hydrogen-bond donors (Lipinski definition) is 1. The number of hydrogen-bond acceptors (Lipinski definition) is 4. The quantitative estimate of drug-likeness (QED) is 0.598. The van der Waals surface area contributed by atoms with Crippen molar-refractivity contribution in [3.8, 4) is 0 Å². The average molecular weight is 453 g/mol. The van der Waals surface area contributed by atoms with Crippen LogP contribution in [0.3, 0.4) is 0 Å². The minimum atomic E-state index is 0.0182. The van der Waals surface area contributed by atoms with Gasteiger partial charge in [-0.25, -0.2) is 0 Å². The van der Waals surface area contributed by atoms with Crippen LogP contribution in [0.1, 0.15) is 85.0 Å². The van der Waals surface area contributed by atoms with Crippen molar-refractivity contribution >= 4 is 5.78 Å². The Balaban J connectivity index is 1.29. The second kappa shape index (κ2) is 8.03. The van der Waals surface area contributed by atoms with Gasteiger partial charge in [-0.15, -0.1) is 0 Å². The van der Waals surface area contributed by atoms with Crippen LogP contribution in [-0.2, 0) is 9.53 Å². The Morgan fingerprint density at radius 1 is 1.21 bits per heavy atom. The van der Waals surface area contributed by atoms with Crippen molar-refractivity contribution in [2.45, 2.75) is 103 Å². The first-order valence-electron chi connectivity index (χ1n) is 13.9. The predicted octanol–water partition coefficient (Wildman–Crippen LogP) is 5.03. The molecule has 2 N–H and O–H groups in total. The Hall–Kier alpha value is -0.970. The fourth-order valence-electron chi connectivity index (χ4n) is 9.64. The normalized spacial score (nSPS) is 47.6. The van der Waals surface area contributed by atoms with E-state index in [1.165, 1.54) is 50.6 Å². The summed E-state index contributed by atoms with van der Waals surface area (Å²) >= 11 is 0. The summed E-state index contributed by atoms with van der Waals surface area (Å²) < 4.78 is 7.09. The number of fused-ring (bicyclic) bond motifs is 6. The van der Waals surface area contributed by atoms with Crippen molar-refractivity contribution in [3.63, 3.8) is 0 Å². The zero-order chi connectivity index (χ0) is 23.0. The van der Waals surface area contributed by atoms with Crippen molar-refractivity contribution in [2.24, 2.45) is 34.8 Å². The zero-order valence-electron chi connectivity index (χ0n) is 21.1. The van der Waals surface area contributed by atoms with Crippen LogP contribution in [0.5, 0.6) is 0 Å². The van der Waals surface area contributed by atoms with Crippen LogP contribution in [-0.4, -0.2) is 48.1 Å². The Labute approximate surface area is 200 Å². The number of carbonyl (C=O) groups is 1. The molecule has 182 valence electrons. The standard InChI is InChI=1S/C29H44N2O2/c1-18-17-29(19(2)27-26(33-29)5-4-13-31(27)14-12-30)11-9-22-23-7-6-20-15-21(32)8-10-28(20,3)25(23)16-24(18)22/h15,19,22-23,25-27H,4-14,16-17,30H2,1-3H3/t19-,22+,23+,25+,26-,27+,28+,29+/m1/s1. The van der Waals surface area contributed by atoms with E-state index in [2.05, 4.69) is 25.7 Å². The lowest BCUT2D eigenvalue weighted by molar-refractivity contribution is -0.116. The Kier molecular flexibility index (Phi) is 5.47. The van der Waals surface area contributed by atoms with Crippen LogP contribution in [0.4, 0.5) is 0 Å². The lowest BCUT2D eigenvalue weighted by Gasteiger charge is -2.48. The average Bonchev–Trinajstić information content (AvgIpc) is 3.26. The number of rotatable bonds is 2. The Morgan fingerprint density at radius 2 is 2.06 bits per heavy atom. The molecule has 2 heterocycles. The van der Waals surface area contributed by atoms with Crippen LogP contribution < -0.4 is 5.73 Å². The Morgan fingerprint density at radius 3 is 2.88 bits per heavy atom. The third kappa shape index (κ3) is 3.30. The van der Waals surface area contributed by atoms with Gasteiger partial charge in [-0.2, -0.15) is 0 Å². The molecule has 0 aromatic rings. The van der Waals surface area contributed by atoms with E-state index in [9.17, 15) is 4.79 Å². The molecule has 4 fully saturated rings. The van der Waals surface area contributed by atoms with Crippen molar-refractivity contribution in [1.82, 2.24) is 4.90 Å². The van der Waals surface area contributed by atoms with Gasteiger partial charge in [0.2, 0.25) is 0 Å². The van der Waals surface area contributed by atoms with Gasteiger partial charge in [0.05, 0.1) is 11.7 Å². The number of carbonyl (C=O) groups excluding carboxylic acids is 1. The predicted molar refractivity (Wildman–Crippen MR) is 132 cm³/mol. The van der Waals surface area contributed by atoms with Crippen LogP contribution in [0.15, 0.2) is 22.8 Å². The largest absolute Gasteiger partial charge is 0.369 e. The van der Waals surface area contributed by atoms with Gasteiger partial charge in [0, 0.05) is 31.5 Å². The molecule has 8 atom stereocenters. The van der Waals surface area contributed by atoms with Gasteiger partial charge < -0.3 is 10.5 Å². The summed E-state index contributed by atoms with van der Waals surface area (Å²) in [5.74, 6) is 3.21. The molecule has 0 amide bonds. The maximum absolute atomic E-state index is 12.1. The lowest BCUT2D eigenvalue weighted by Crippen LogP contribution is -2.51. The monoisotopic (exact) mass is 452 g/mol. The van der Waals surface area contributed by atoms with Gasteiger partial charge in [-0.05, 0) is 101 Å². The van der Waals surface area contributed by atoms with Crippen molar-refractivity contribution in [2.75, 3.05) is 19.6 Å². The maximum atomic E-state index is 12.1. The molecule has 4 aliphatic carbocycles. The fraction of sp³-hybridized carbons (Fsp3) is 0.828. The van der Waals surface area contributed by atoms with E-state index in [4.69, 9.17) is 10.5 Å². The fourth-order valence-corrected chi connectivity index (χ4v) is 9.64. The highest BCUT2D eigenvalue weighted by Crippen LogP contribution is 2.64. The second-order valence-corrected chi connectivity index (χ2v) is 12.7. The summed E-state index contributed by atoms with van der Waals surface area (Å²) in [6, 6.07) is 0.548. The number of ether oxygens (including phenoxy) is 1. The van der Waals surface area contributed by atoms with Gasteiger partial charge in [0.15, 0.2) is 5.78 Å². The molecule has 33 heavy (non-hydrogen) atoms. The molecule has 2 aliphatic heterocycles. The van der Waals surface area contributed by atoms with Gasteiger partial charge in [-0.3, -0.25) is 9.69 Å². The molecule has 0 aromatic carbocycles. The van der Waals surface area contributed by atoms with E-state index in [1.54, 1.807) is 11.1 Å². The van der Waals surface area contributed by atoms with Crippen molar-refractivity contribution in [1.29, 1.82) is 0 Å². The minimum Gasteiger partial charge on any atom is -0.369 e. The van der Waals surface area contributed by atoms with Gasteiger partial charge in [0.25, 0.3) is 0 Å². The summed E-state index contributed by atoms with van der Waals surface area (Å²) in [5.41, 5.74) is 11.2. The summed E-state index contributed by atoms with van der Waals surface area (Å²) in [4.78, 5) is 14.8. The molecule has 1 spiro atoms. The molecule has 0 bridgehead atoms. The SMILES string of the molecule is CC1=C2C[C@H]3[C@@H](CCC4=CC(=O)CC[C@@]43C)[C@@H]2CC[C@@]2(C1)O[C@@H]1CCCN(CCN)[C@H]1[C@H]2C. The van der Waals surface area contributed by atoms with Crippen LogP contribution >= 0.6 is 0 Å². The van der Waals surface area contributed by atoms with E-state index < -0.39 is 0 Å². The van der Waals surface area contributed by atoms with E-state index in [0.29, 0.717) is 23.8 Å². The molecule has 2 saturated heterocycles. The molecule has 2 saturated carbocycles. The molecule has 0 aromatic heterocycles. The Bertz CT molecular complexity index is 890. The number of ketones is 1. The van der Waals surface area contributed by atoms with Gasteiger partial charge in [-0.1, -0.05) is 30.6 Å².